The van der Waals surface area contributed by atoms with E-state index in [0.29, 0.717) is 18.9 Å². The van der Waals surface area contributed by atoms with Crippen molar-refractivity contribution in [2.45, 2.75) is 43.0 Å². The molecule has 1 saturated carbocycles. The number of sulfonamides is 1. The molecule has 1 heterocycles. The van der Waals surface area contributed by atoms with Crippen molar-refractivity contribution in [2.75, 3.05) is 18.0 Å². The number of carbonyl (C=O) groups excluding carboxylic acids is 1. The second-order valence-electron chi connectivity index (χ2n) is 8.01. The van der Waals surface area contributed by atoms with Crippen LogP contribution in [0.25, 0.3) is 0 Å². The maximum atomic E-state index is 12.9. The predicted octanol–water partition coefficient (Wildman–Crippen LogP) is 2.74. The van der Waals surface area contributed by atoms with Gasteiger partial charge in [-0.25, -0.2) is 13.6 Å². The van der Waals surface area contributed by atoms with Crippen molar-refractivity contribution in [1.29, 1.82) is 0 Å². The van der Waals surface area contributed by atoms with Crippen molar-refractivity contribution in [1.82, 2.24) is 5.32 Å². The van der Waals surface area contributed by atoms with Crippen LogP contribution in [0.5, 0.6) is 0 Å². The summed E-state index contributed by atoms with van der Waals surface area (Å²) in [5.41, 5.74) is 2.98. The molecule has 1 atom stereocenters. The molecule has 4 rings (SSSR count). The van der Waals surface area contributed by atoms with Gasteiger partial charge in [-0.05, 0) is 54.5 Å². The SMILES string of the molecule is NS(=O)(=O)c1ccc2c(c1)CCN2CC(=O)NC(c1ccccc1)C1CCCC1. The van der Waals surface area contributed by atoms with Crippen LogP contribution in [-0.4, -0.2) is 27.4 Å². The van der Waals surface area contributed by atoms with Gasteiger partial charge >= 0.3 is 0 Å². The number of nitrogens with two attached hydrogens (primary N) is 1. The van der Waals surface area contributed by atoms with Gasteiger partial charge in [-0.3, -0.25) is 4.79 Å². The van der Waals surface area contributed by atoms with Gasteiger partial charge in [0.25, 0.3) is 0 Å². The molecule has 1 unspecified atom stereocenters. The van der Waals surface area contributed by atoms with E-state index in [2.05, 4.69) is 17.4 Å². The number of nitrogens with zero attached hydrogens (tertiary/aromatic N) is 1. The van der Waals surface area contributed by atoms with Crippen LogP contribution in [0.2, 0.25) is 0 Å². The van der Waals surface area contributed by atoms with Gasteiger partial charge in [0.1, 0.15) is 0 Å². The monoisotopic (exact) mass is 413 g/mol. The van der Waals surface area contributed by atoms with Crippen LogP contribution in [0.3, 0.4) is 0 Å². The molecular weight excluding hydrogens is 386 g/mol. The van der Waals surface area contributed by atoms with Gasteiger partial charge in [-0.2, -0.15) is 0 Å². The van der Waals surface area contributed by atoms with Crippen LogP contribution < -0.4 is 15.4 Å². The largest absolute Gasteiger partial charge is 0.362 e. The zero-order valence-electron chi connectivity index (χ0n) is 16.4. The number of primary sulfonamides is 1. The second kappa shape index (κ2) is 8.16. The number of fused-ring (bicyclic) bond motifs is 1. The van der Waals surface area contributed by atoms with Crippen molar-refractivity contribution in [3.8, 4) is 0 Å². The van der Waals surface area contributed by atoms with Crippen LogP contribution in [0, 0.1) is 5.92 Å². The molecule has 29 heavy (non-hydrogen) atoms. The van der Waals surface area contributed by atoms with Crippen molar-refractivity contribution in [2.24, 2.45) is 11.1 Å². The maximum Gasteiger partial charge on any atom is 0.240 e. The fourth-order valence-electron chi connectivity index (χ4n) is 4.60. The molecule has 1 aliphatic heterocycles. The third-order valence-electron chi connectivity index (χ3n) is 6.05. The number of hydrogen-bond donors (Lipinski definition) is 2. The molecule has 3 N–H and O–H groups in total. The standard InChI is InChI=1S/C22H27N3O3S/c23-29(27,28)19-10-11-20-18(14-19)12-13-25(20)15-21(26)24-22(17-8-4-5-9-17)16-6-2-1-3-7-16/h1-3,6-7,10-11,14,17,22H,4-5,8-9,12-13,15H2,(H,24,26)(H2,23,27,28). The fraction of sp³-hybridized carbons (Fsp3) is 0.409. The molecular formula is C22H27N3O3S. The molecule has 2 aromatic rings. The van der Waals surface area contributed by atoms with Gasteiger partial charge in [0.15, 0.2) is 0 Å². The Morgan fingerprint density at radius 2 is 1.86 bits per heavy atom. The Hall–Kier alpha value is -2.38. The molecule has 0 radical (unpaired) electrons. The van der Waals surface area contributed by atoms with Gasteiger partial charge in [-0.1, -0.05) is 43.2 Å². The van der Waals surface area contributed by atoms with E-state index >= 15 is 0 Å². The Kier molecular flexibility index (Phi) is 5.61. The van der Waals surface area contributed by atoms with Gasteiger partial charge in [0.05, 0.1) is 17.5 Å². The first-order valence-corrected chi connectivity index (χ1v) is 11.7. The fourth-order valence-corrected chi connectivity index (χ4v) is 5.17. The molecule has 154 valence electrons. The third kappa shape index (κ3) is 4.46. The number of amides is 1. The minimum absolute atomic E-state index is 0.00544. The van der Waals surface area contributed by atoms with E-state index < -0.39 is 10.0 Å². The summed E-state index contributed by atoms with van der Waals surface area (Å²) in [4.78, 5) is 15.0. The maximum absolute atomic E-state index is 12.9. The van der Waals surface area contributed by atoms with Crippen LogP contribution in [0.4, 0.5) is 5.69 Å². The second-order valence-corrected chi connectivity index (χ2v) is 9.57. The number of nitrogens with one attached hydrogen (secondary N) is 1. The zero-order valence-corrected chi connectivity index (χ0v) is 17.2. The first-order chi connectivity index (χ1) is 13.9. The van der Waals surface area contributed by atoms with Gasteiger partial charge < -0.3 is 10.2 Å². The van der Waals surface area contributed by atoms with E-state index in [-0.39, 0.29) is 23.4 Å². The predicted molar refractivity (Wildman–Crippen MR) is 113 cm³/mol. The zero-order chi connectivity index (χ0) is 20.4. The molecule has 2 aliphatic rings. The van der Waals surface area contributed by atoms with E-state index in [1.807, 2.05) is 23.1 Å². The van der Waals surface area contributed by atoms with E-state index in [1.54, 1.807) is 12.1 Å². The summed E-state index contributed by atoms with van der Waals surface area (Å²) in [6.07, 6.45) is 5.42. The molecule has 1 amide bonds. The lowest BCUT2D eigenvalue weighted by Crippen LogP contribution is -2.40. The lowest BCUT2D eigenvalue weighted by molar-refractivity contribution is -0.120. The van der Waals surface area contributed by atoms with E-state index in [4.69, 9.17) is 5.14 Å². The molecule has 1 aliphatic carbocycles. The van der Waals surface area contributed by atoms with Gasteiger partial charge in [-0.15, -0.1) is 0 Å². The molecule has 2 aromatic carbocycles. The first kappa shape index (κ1) is 19.9. The smallest absolute Gasteiger partial charge is 0.240 e. The topological polar surface area (TPSA) is 92.5 Å². The first-order valence-electron chi connectivity index (χ1n) is 10.2. The Morgan fingerprint density at radius 1 is 1.14 bits per heavy atom. The van der Waals surface area contributed by atoms with Gasteiger partial charge in [0, 0.05) is 12.2 Å². The minimum Gasteiger partial charge on any atom is -0.362 e. The molecule has 0 aromatic heterocycles. The van der Waals surface area contributed by atoms with Crippen molar-refractivity contribution < 1.29 is 13.2 Å². The van der Waals surface area contributed by atoms with E-state index in [9.17, 15) is 13.2 Å². The summed E-state index contributed by atoms with van der Waals surface area (Å²) >= 11 is 0. The molecule has 0 bridgehead atoms. The van der Waals surface area contributed by atoms with E-state index in [1.165, 1.54) is 18.9 Å². The quantitative estimate of drug-likeness (QED) is 0.762. The molecule has 0 spiro atoms. The van der Waals surface area contributed by atoms with Crippen LogP contribution >= 0.6 is 0 Å². The number of hydrogen-bond acceptors (Lipinski definition) is 4. The van der Waals surface area contributed by atoms with Crippen molar-refractivity contribution >= 4 is 21.6 Å². The Morgan fingerprint density at radius 3 is 2.55 bits per heavy atom. The van der Waals surface area contributed by atoms with Crippen molar-refractivity contribution in [3.63, 3.8) is 0 Å². The average Bonchev–Trinajstić information content (AvgIpc) is 3.36. The summed E-state index contributed by atoms with van der Waals surface area (Å²) in [6.45, 7) is 0.952. The number of rotatable bonds is 6. The normalized spacial score (nSPS) is 17.9. The van der Waals surface area contributed by atoms with Gasteiger partial charge in [0.2, 0.25) is 15.9 Å². The summed E-state index contributed by atoms with van der Waals surface area (Å²) in [5, 5.41) is 8.50. The minimum atomic E-state index is -3.72. The summed E-state index contributed by atoms with van der Waals surface area (Å²) < 4.78 is 23.1. The highest BCUT2D eigenvalue weighted by Crippen LogP contribution is 2.36. The summed E-state index contributed by atoms with van der Waals surface area (Å²) in [7, 11) is -3.72. The highest BCUT2D eigenvalue weighted by atomic mass is 32.2. The lowest BCUT2D eigenvalue weighted by Gasteiger charge is -2.27. The molecule has 7 heteroatoms. The average molecular weight is 414 g/mol. The molecule has 6 nitrogen and oxygen atoms in total. The Bertz CT molecular complexity index is 986. The Labute approximate surface area is 172 Å². The van der Waals surface area contributed by atoms with Crippen LogP contribution in [-0.2, 0) is 21.2 Å². The number of anilines is 1. The summed E-state index contributed by atoms with van der Waals surface area (Å²) in [6, 6.07) is 15.1. The Balaban J connectivity index is 1.47. The molecule has 1 fully saturated rings. The molecule has 0 saturated heterocycles. The van der Waals surface area contributed by atoms with Crippen LogP contribution in [0.1, 0.15) is 42.9 Å². The highest BCUT2D eigenvalue weighted by molar-refractivity contribution is 7.89. The van der Waals surface area contributed by atoms with Crippen molar-refractivity contribution in [3.05, 3.63) is 59.7 Å². The summed E-state index contributed by atoms with van der Waals surface area (Å²) in [5.74, 6) is 0.471. The lowest BCUT2D eigenvalue weighted by atomic mass is 9.91. The third-order valence-corrected chi connectivity index (χ3v) is 6.96. The van der Waals surface area contributed by atoms with Crippen LogP contribution in [0.15, 0.2) is 53.4 Å². The highest BCUT2D eigenvalue weighted by Gasteiger charge is 2.29. The number of benzene rings is 2. The number of carbonyl (C=O) groups is 1. The van der Waals surface area contributed by atoms with E-state index in [0.717, 1.165) is 29.7 Å².